The molecule has 2 nitrogen and oxygen atoms in total. The summed E-state index contributed by atoms with van der Waals surface area (Å²) in [6.07, 6.45) is 7.88. The average molecular weight is 166 g/mol. The van der Waals surface area contributed by atoms with Crippen molar-refractivity contribution >= 4 is 6.21 Å². The molecule has 0 saturated heterocycles. The SMILES string of the molecule is CCCCCN1CN=CC=C1C. The number of aliphatic imine (C=N–C) groups is 1. The maximum Gasteiger partial charge on any atom is 0.109 e. The summed E-state index contributed by atoms with van der Waals surface area (Å²) in [6.45, 7) is 6.40. The summed E-state index contributed by atoms with van der Waals surface area (Å²) < 4.78 is 0. The molecule has 1 aliphatic rings. The van der Waals surface area contributed by atoms with Crippen molar-refractivity contribution < 1.29 is 0 Å². The molecule has 0 unspecified atom stereocenters. The highest BCUT2D eigenvalue weighted by atomic mass is 15.2. The lowest BCUT2D eigenvalue weighted by molar-refractivity contribution is 0.343. The maximum atomic E-state index is 4.21. The minimum absolute atomic E-state index is 0.853. The lowest BCUT2D eigenvalue weighted by atomic mass is 10.2. The van der Waals surface area contributed by atoms with Crippen molar-refractivity contribution in [3.63, 3.8) is 0 Å². The number of allylic oxidation sites excluding steroid dienone is 2. The third-order valence-corrected chi connectivity index (χ3v) is 2.20. The normalized spacial score (nSPS) is 16.5. The minimum atomic E-state index is 0.853. The largest absolute Gasteiger partial charge is 0.356 e. The first-order valence-corrected chi connectivity index (χ1v) is 4.76. The predicted octanol–water partition coefficient (Wildman–Crippen LogP) is 2.42. The molecular formula is C10H18N2. The molecule has 0 bridgehead atoms. The zero-order chi connectivity index (χ0) is 8.81. The van der Waals surface area contributed by atoms with Gasteiger partial charge in [-0.3, -0.25) is 4.99 Å². The van der Waals surface area contributed by atoms with E-state index >= 15 is 0 Å². The molecule has 0 N–H and O–H groups in total. The minimum Gasteiger partial charge on any atom is -0.356 e. The first kappa shape index (κ1) is 9.30. The lowest BCUT2D eigenvalue weighted by Gasteiger charge is -2.25. The zero-order valence-electron chi connectivity index (χ0n) is 8.08. The number of rotatable bonds is 4. The summed E-state index contributed by atoms with van der Waals surface area (Å²) >= 11 is 0. The molecule has 0 aliphatic carbocycles. The third-order valence-electron chi connectivity index (χ3n) is 2.20. The summed E-state index contributed by atoms with van der Waals surface area (Å²) in [4.78, 5) is 6.54. The van der Waals surface area contributed by atoms with Gasteiger partial charge in [0.2, 0.25) is 0 Å². The van der Waals surface area contributed by atoms with E-state index in [2.05, 4.69) is 29.8 Å². The number of hydrogen-bond donors (Lipinski definition) is 0. The molecule has 0 amide bonds. The third kappa shape index (κ3) is 2.68. The highest BCUT2D eigenvalue weighted by molar-refractivity contribution is 5.72. The average Bonchev–Trinajstić information content (AvgIpc) is 2.09. The summed E-state index contributed by atoms with van der Waals surface area (Å²) in [5.41, 5.74) is 1.35. The topological polar surface area (TPSA) is 15.6 Å². The molecular weight excluding hydrogens is 148 g/mol. The van der Waals surface area contributed by atoms with E-state index in [-0.39, 0.29) is 0 Å². The van der Waals surface area contributed by atoms with Crippen molar-refractivity contribution in [3.8, 4) is 0 Å². The van der Waals surface area contributed by atoms with Gasteiger partial charge < -0.3 is 4.90 Å². The van der Waals surface area contributed by atoms with Gasteiger partial charge in [-0.1, -0.05) is 19.8 Å². The number of hydrogen-bond acceptors (Lipinski definition) is 2. The van der Waals surface area contributed by atoms with Gasteiger partial charge in [0.25, 0.3) is 0 Å². The van der Waals surface area contributed by atoms with Gasteiger partial charge in [-0.15, -0.1) is 0 Å². The summed E-state index contributed by atoms with van der Waals surface area (Å²) in [6, 6.07) is 0. The Morgan fingerprint density at radius 2 is 2.33 bits per heavy atom. The van der Waals surface area contributed by atoms with Crippen molar-refractivity contribution in [2.45, 2.75) is 33.1 Å². The van der Waals surface area contributed by atoms with E-state index in [9.17, 15) is 0 Å². The van der Waals surface area contributed by atoms with Gasteiger partial charge in [0, 0.05) is 18.5 Å². The zero-order valence-corrected chi connectivity index (χ0v) is 8.08. The molecule has 0 fully saturated rings. The van der Waals surface area contributed by atoms with E-state index in [1.54, 1.807) is 0 Å². The Morgan fingerprint density at radius 1 is 1.50 bits per heavy atom. The highest BCUT2D eigenvalue weighted by Gasteiger charge is 2.05. The van der Waals surface area contributed by atoms with Gasteiger partial charge in [-0.05, 0) is 19.4 Å². The van der Waals surface area contributed by atoms with Crippen LogP contribution in [0.5, 0.6) is 0 Å². The maximum absolute atomic E-state index is 4.21. The van der Waals surface area contributed by atoms with E-state index < -0.39 is 0 Å². The summed E-state index contributed by atoms with van der Waals surface area (Å²) in [7, 11) is 0. The van der Waals surface area contributed by atoms with Crippen molar-refractivity contribution in [1.29, 1.82) is 0 Å². The second-order valence-corrected chi connectivity index (χ2v) is 3.25. The fourth-order valence-corrected chi connectivity index (χ4v) is 1.32. The Balaban J connectivity index is 2.24. The standard InChI is InChI=1S/C10H18N2/c1-3-4-5-8-12-9-11-7-6-10(12)2/h6-7H,3-5,8-9H2,1-2H3. The van der Waals surface area contributed by atoms with Crippen LogP contribution >= 0.6 is 0 Å². The molecule has 0 radical (unpaired) electrons. The lowest BCUT2D eigenvalue weighted by Crippen LogP contribution is -2.25. The predicted molar refractivity (Wildman–Crippen MR) is 53.3 cm³/mol. The molecule has 0 spiro atoms. The van der Waals surface area contributed by atoms with Gasteiger partial charge in [0.15, 0.2) is 0 Å². The second-order valence-electron chi connectivity index (χ2n) is 3.25. The molecule has 1 aliphatic heterocycles. The molecule has 0 atom stereocenters. The fraction of sp³-hybridized carbons (Fsp3) is 0.700. The van der Waals surface area contributed by atoms with Crippen molar-refractivity contribution in [3.05, 3.63) is 11.8 Å². The Kier molecular flexibility index (Phi) is 3.85. The number of nitrogens with zero attached hydrogens (tertiary/aromatic N) is 2. The Morgan fingerprint density at radius 3 is 3.00 bits per heavy atom. The quantitative estimate of drug-likeness (QED) is 0.586. The van der Waals surface area contributed by atoms with Crippen LogP contribution in [0.25, 0.3) is 0 Å². The van der Waals surface area contributed by atoms with Crippen LogP contribution < -0.4 is 0 Å². The van der Waals surface area contributed by atoms with Gasteiger partial charge in [0.1, 0.15) is 6.67 Å². The first-order valence-electron chi connectivity index (χ1n) is 4.76. The molecule has 0 aromatic heterocycles. The molecule has 12 heavy (non-hydrogen) atoms. The highest BCUT2D eigenvalue weighted by Crippen LogP contribution is 2.08. The summed E-state index contributed by atoms with van der Waals surface area (Å²) in [5.74, 6) is 0. The molecule has 0 saturated carbocycles. The van der Waals surface area contributed by atoms with Gasteiger partial charge in [-0.25, -0.2) is 0 Å². The van der Waals surface area contributed by atoms with Crippen LogP contribution in [0.4, 0.5) is 0 Å². The number of unbranched alkanes of at least 4 members (excludes halogenated alkanes) is 2. The Labute approximate surface area is 75.0 Å². The monoisotopic (exact) mass is 166 g/mol. The Bertz CT molecular complexity index is 182. The van der Waals surface area contributed by atoms with E-state index in [4.69, 9.17) is 0 Å². The molecule has 1 rings (SSSR count). The second kappa shape index (κ2) is 4.96. The van der Waals surface area contributed by atoms with Crippen LogP contribution in [0, 0.1) is 0 Å². The van der Waals surface area contributed by atoms with Gasteiger partial charge in [0.05, 0.1) is 0 Å². The molecule has 2 heteroatoms. The van der Waals surface area contributed by atoms with Crippen LogP contribution in [0.15, 0.2) is 16.8 Å². The van der Waals surface area contributed by atoms with Gasteiger partial charge in [-0.2, -0.15) is 0 Å². The fourth-order valence-electron chi connectivity index (χ4n) is 1.32. The molecule has 1 heterocycles. The van der Waals surface area contributed by atoms with Crippen molar-refractivity contribution in [2.24, 2.45) is 4.99 Å². The molecule has 0 aromatic rings. The summed E-state index contributed by atoms with van der Waals surface area (Å²) in [5, 5.41) is 0. The van der Waals surface area contributed by atoms with Crippen molar-refractivity contribution in [2.75, 3.05) is 13.2 Å². The first-order chi connectivity index (χ1) is 5.84. The van der Waals surface area contributed by atoms with Gasteiger partial charge >= 0.3 is 0 Å². The van der Waals surface area contributed by atoms with Crippen LogP contribution in [0.3, 0.4) is 0 Å². The van der Waals surface area contributed by atoms with E-state index in [1.165, 1.54) is 25.0 Å². The van der Waals surface area contributed by atoms with Crippen LogP contribution in [0.2, 0.25) is 0 Å². The molecule has 68 valence electrons. The van der Waals surface area contributed by atoms with Crippen molar-refractivity contribution in [1.82, 2.24) is 4.90 Å². The molecule has 0 aromatic carbocycles. The Hall–Kier alpha value is -0.790. The van der Waals surface area contributed by atoms with Crippen LogP contribution in [-0.2, 0) is 0 Å². The van der Waals surface area contributed by atoms with E-state index in [0.29, 0.717) is 0 Å². The van der Waals surface area contributed by atoms with Crippen LogP contribution in [-0.4, -0.2) is 24.3 Å². The van der Waals surface area contributed by atoms with E-state index in [0.717, 1.165) is 13.2 Å². The van der Waals surface area contributed by atoms with Crippen LogP contribution in [0.1, 0.15) is 33.1 Å². The smallest absolute Gasteiger partial charge is 0.109 e. The van der Waals surface area contributed by atoms with E-state index in [1.807, 2.05) is 6.21 Å².